The summed E-state index contributed by atoms with van der Waals surface area (Å²) in [4.78, 5) is 4.07. The van der Waals surface area contributed by atoms with E-state index in [1.807, 2.05) is 10.9 Å². The van der Waals surface area contributed by atoms with Crippen molar-refractivity contribution in [2.75, 3.05) is 12.8 Å². The summed E-state index contributed by atoms with van der Waals surface area (Å²) in [7, 11) is 1.61. The lowest BCUT2D eigenvalue weighted by atomic mass is 10.3. The van der Waals surface area contributed by atoms with Crippen molar-refractivity contribution in [3.8, 4) is 5.75 Å². The highest BCUT2D eigenvalue weighted by molar-refractivity contribution is 5.87. The van der Waals surface area contributed by atoms with Crippen molar-refractivity contribution in [2.45, 2.75) is 18.9 Å². The number of nitrogen functional groups attached to an aromatic ring is 1. The van der Waals surface area contributed by atoms with Gasteiger partial charge in [-0.3, -0.25) is 4.68 Å². The third-order valence-electron chi connectivity index (χ3n) is 2.71. The van der Waals surface area contributed by atoms with E-state index in [9.17, 15) is 0 Å². The quantitative estimate of drug-likeness (QED) is 0.802. The van der Waals surface area contributed by atoms with E-state index in [0.717, 1.165) is 10.9 Å². The molecule has 1 aliphatic rings. The summed E-state index contributed by atoms with van der Waals surface area (Å²) in [5.41, 5.74) is 6.73. The Morgan fingerprint density at radius 1 is 1.47 bits per heavy atom. The second-order valence-electron chi connectivity index (χ2n) is 3.80. The zero-order chi connectivity index (χ0) is 10.4. The summed E-state index contributed by atoms with van der Waals surface area (Å²) >= 11 is 0. The topological polar surface area (TPSA) is 66.0 Å². The van der Waals surface area contributed by atoms with Crippen LogP contribution in [0.25, 0.3) is 10.9 Å². The normalized spacial score (nSPS) is 15.8. The molecule has 1 fully saturated rings. The van der Waals surface area contributed by atoms with Crippen LogP contribution in [-0.4, -0.2) is 21.9 Å². The Bertz CT molecular complexity index is 515. The fourth-order valence-electron chi connectivity index (χ4n) is 1.82. The highest BCUT2D eigenvalue weighted by Gasteiger charge is 2.27. The Labute approximate surface area is 86.8 Å². The van der Waals surface area contributed by atoms with Gasteiger partial charge in [0.05, 0.1) is 19.3 Å². The van der Waals surface area contributed by atoms with Crippen LogP contribution in [0.3, 0.4) is 0 Å². The molecule has 0 atom stereocenters. The molecule has 2 aromatic rings. The SMILES string of the molecule is COc1c(N)ncc2cnn(C3CC3)c12. The minimum Gasteiger partial charge on any atom is -0.491 e. The van der Waals surface area contributed by atoms with Gasteiger partial charge in [0.2, 0.25) is 0 Å². The zero-order valence-corrected chi connectivity index (χ0v) is 8.47. The molecule has 3 rings (SSSR count). The maximum Gasteiger partial charge on any atom is 0.187 e. The number of hydrogen-bond donors (Lipinski definition) is 1. The molecule has 1 saturated carbocycles. The lowest BCUT2D eigenvalue weighted by Gasteiger charge is -2.07. The number of ether oxygens (including phenoxy) is 1. The van der Waals surface area contributed by atoms with Crippen molar-refractivity contribution in [3.05, 3.63) is 12.4 Å². The average Bonchev–Trinajstić information content (AvgIpc) is 2.99. The predicted molar refractivity (Wildman–Crippen MR) is 56.8 cm³/mol. The van der Waals surface area contributed by atoms with Crippen LogP contribution in [0.5, 0.6) is 5.75 Å². The van der Waals surface area contributed by atoms with E-state index in [4.69, 9.17) is 10.5 Å². The Kier molecular flexibility index (Phi) is 1.62. The molecule has 5 nitrogen and oxygen atoms in total. The van der Waals surface area contributed by atoms with Gasteiger partial charge in [0.1, 0.15) is 5.52 Å². The molecule has 1 aliphatic carbocycles. The summed E-state index contributed by atoms with van der Waals surface area (Å²) in [5.74, 6) is 1.06. The van der Waals surface area contributed by atoms with Gasteiger partial charge in [-0.25, -0.2) is 4.98 Å². The molecule has 5 heteroatoms. The maximum absolute atomic E-state index is 5.77. The van der Waals surface area contributed by atoms with Gasteiger partial charge in [-0.1, -0.05) is 0 Å². The summed E-state index contributed by atoms with van der Waals surface area (Å²) in [6.07, 6.45) is 5.91. The largest absolute Gasteiger partial charge is 0.491 e. The van der Waals surface area contributed by atoms with Crippen molar-refractivity contribution >= 4 is 16.7 Å². The third-order valence-corrected chi connectivity index (χ3v) is 2.71. The van der Waals surface area contributed by atoms with E-state index in [2.05, 4.69) is 10.1 Å². The van der Waals surface area contributed by atoms with Gasteiger partial charge < -0.3 is 10.5 Å². The van der Waals surface area contributed by atoms with Crippen LogP contribution in [0, 0.1) is 0 Å². The number of pyridine rings is 1. The first kappa shape index (κ1) is 8.52. The van der Waals surface area contributed by atoms with Gasteiger partial charge in [-0.05, 0) is 12.8 Å². The number of anilines is 1. The summed E-state index contributed by atoms with van der Waals surface area (Å²) in [6.45, 7) is 0. The number of hydrogen-bond acceptors (Lipinski definition) is 4. The molecule has 2 N–H and O–H groups in total. The van der Waals surface area contributed by atoms with E-state index in [-0.39, 0.29) is 0 Å². The van der Waals surface area contributed by atoms with E-state index in [1.165, 1.54) is 12.8 Å². The summed E-state index contributed by atoms with van der Waals surface area (Å²) < 4.78 is 7.28. The average molecular weight is 204 g/mol. The standard InChI is InChI=1S/C10H12N4O/c1-15-9-8-6(4-12-10(9)11)5-13-14(8)7-2-3-7/h4-5,7H,2-3H2,1H3,(H2,11,12). The van der Waals surface area contributed by atoms with Crippen LogP contribution >= 0.6 is 0 Å². The lowest BCUT2D eigenvalue weighted by Crippen LogP contribution is -2.01. The Balaban J connectivity index is 2.33. The molecule has 0 unspecified atom stereocenters. The molecule has 0 aliphatic heterocycles. The molecule has 0 bridgehead atoms. The predicted octanol–water partition coefficient (Wildman–Crippen LogP) is 1.36. The van der Waals surface area contributed by atoms with Crippen molar-refractivity contribution < 1.29 is 4.74 Å². The van der Waals surface area contributed by atoms with Crippen LogP contribution in [0.4, 0.5) is 5.82 Å². The smallest absolute Gasteiger partial charge is 0.187 e. The molecule has 2 aromatic heterocycles. The van der Waals surface area contributed by atoms with Gasteiger partial charge in [0.15, 0.2) is 11.6 Å². The molecular weight excluding hydrogens is 192 g/mol. The van der Waals surface area contributed by atoms with Crippen molar-refractivity contribution in [3.63, 3.8) is 0 Å². The van der Waals surface area contributed by atoms with Crippen LogP contribution in [0.15, 0.2) is 12.4 Å². The van der Waals surface area contributed by atoms with E-state index < -0.39 is 0 Å². The summed E-state index contributed by atoms with van der Waals surface area (Å²) in [5, 5.41) is 5.33. The molecule has 0 radical (unpaired) electrons. The van der Waals surface area contributed by atoms with E-state index >= 15 is 0 Å². The number of aromatic nitrogens is 3. The minimum absolute atomic E-state index is 0.424. The van der Waals surface area contributed by atoms with Crippen LogP contribution in [-0.2, 0) is 0 Å². The number of fused-ring (bicyclic) bond motifs is 1. The van der Waals surface area contributed by atoms with Crippen LogP contribution in [0.1, 0.15) is 18.9 Å². The van der Waals surface area contributed by atoms with Crippen molar-refractivity contribution in [1.82, 2.24) is 14.8 Å². The van der Waals surface area contributed by atoms with Crippen LogP contribution in [0.2, 0.25) is 0 Å². The molecule has 78 valence electrons. The van der Waals surface area contributed by atoms with Gasteiger partial charge in [-0.15, -0.1) is 0 Å². The Hall–Kier alpha value is -1.78. The second-order valence-corrected chi connectivity index (χ2v) is 3.80. The lowest BCUT2D eigenvalue weighted by molar-refractivity contribution is 0.417. The number of rotatable bonds is 2. The number of nitrogens with two attached hydrogens (primary N) is 1. The van der Waals surface area contributed by atoms with Crippen molar-refractivity contribution in [2.24, 2.45) is 0 Å². The molecular formula is C10H12N4O. The molecule has 0 aromatic carbocycles. The maximum atomic E-state index is 5.77. The number of methoxy groups -OCH3 is 1. The van der Waals surface area contributed by atoms with Gasteiger partial charge >= 0.3 is 0 Å². The van der Waals surface area contributed by atoms with Crippen molar-refractivity contribution in [1.29, 1.82) is 0 Å². The molecule has 0 spiro atoms. The molecule has 0 saturated heterocycles. The monoisotopic (exact) mass is 204 g/mol. The summed E-state index contributed by atoms with van der Waals surface area (Å²) in [6, 6.07) is 0.512. The fraction of sp³-hybridized carbons (Fsp3) is 0.400. The van der Waals surface area contributed by atoms with Gasteiger partial charge in [-0.2, -0.15) is 5.10 Å². The minimum atomic E-state index is 0.424. The fourth-order valence-corrected chi connectivity index (χ4v) is 1.82. The highest BCUT2D eigenvalue weighted by atomic mass is 16.5. The van der Waals surface area contributed by atoms with E-state index in [1.54, 1.807) is 13.3 Å². The molecule has 2 heterocycles. The highest BCUT2D eigenvalue weighted by Crippen LogP contribution is 2.40. The van der Waals surface area contributed by atoms with Gasteiger partial charge in [0, 0.05) is 11.6 Å². The molecule has 0 amide bonds. The molecule has 15 heavy (non-hydrogen) atoms. The first-order valence-corrected chi connectivity index (χ1v) is 4.97. The van der Waals surface area contributed by atoms with E-state index in [0.29, 0.717) is 17.6 Å². The zero-order valence-electron chi connectivity index (χ0n) is 8.47. The van der Waals surface area contributed by atoms with Gasteiger partial charge in [0.25, 0.3) is 0 Å². The Morgan fingerprint density at radius 3 is 2.93 bits per heavy atom. The Morgan fingerprint density at radius 2 is 2.27 bits per heavy atom. The third kappa shape index (κ3) is 1.16. The van der Waals surface area contributed by atoms with Crippen LogP contribution < -0.4 is 10.5 Å². The number of nitrogens with zero attached hydrogens (tertiary/aromatic N) is 3. The first-order chi connectivity index (χ1) is 7.31. The second kappa shape index (κ2) is 2.85. The first-order valence-electron chi connectivity index (χ1n) is 4.97.